The molecule has 0 radical (unpaired) electrons. The van der Waals surface area contributed by atoms with Gasteiger partial charge in [-0.05, 0) is 24.6 Å². The molecule has 0 aliphatic carbocycles. The molecular formula is C15H12ClN3O2. The van der Waals surface area contributed by atoms with Gasteiger partial charge in [0.25, 0.3) is 5.69 Å². The summed E-state index contributed by atoms with van der Waals surface area (Å²) in [6.45, 7) is 0.510. The molecule has 0 spiro atoms. The first-order chi connectivity index (χ1) is 10.1. The van der Waals surface area contributed by atoms with Crippen LogP contribution in [0.5, 0.6) is 0 Å². The number of benzene rings is 2. The van der Waals surface area contributed by atoms with Crippen molar-refractivity contribution in [2.24, 2.45) is 0 Å². The van der Waals surface area contributed by atoms with Gasteiger partial charge >= 0.3 is 0 Å². The summed E-state index contributed by atoms with van der Waals surface area (Å²) in [6, 6.07) is 13.6. The Balaban J connectivity index is 2.02. The Morgan fingerprint density at radius 3 is 2.71 bits per heavy atom. The zero-order chi connectivity index (χ0) is 15.2. The number of nitriles is 1. The molecule has 0 heterocycles. The number of para-hydroxylation sites is 1. The van der Waals surface area contributed by atoms with Gasteiger partial charge in [0.15, 0.2) is 0 Å². The van der Waals surface area contributed by atoms with Crippen LogP contribution in [0.2, 0.25) is 5.02 Å². The summed E-state index contributed by atoms with van der Waals surface area (Å²) >= 11 is 6.05. The van der Waals surface area contributed by atoms with Gasteiger partial charge < -0.3 is 5.32 Å². The molecule has 0 fully saturated rings. The average molecular weight is 302 g/mol. The molecule has 0 bridgehead atoms. The largest absolute Gasteiger partial charge is 0.384 e. The Kier molecular flexibility index (Phi) is 4.75. The maximum absolute atomic E-state index is 10.9. The van der Waals surface area contributed by atoms with E-state index in [1.54, 1.807) is 36.4 Å². The summed E-state index contributed by atoms with van der Waals surface area (Å²) in [7, 11) is 0. The third-order valence-corrected chi connectivity index (χ3v) is 3.31. The lowest BCUT2D eigenvalue weighted by Crippen LogP contribution is -2.07. The minimum absolute atomic E-state index is 0.116. The molecule has 2 aromatic carbocycles. The van der Waals surface area contributed by atoms with Crippen LogP contribution >= 0.6 is 11.6 Å². The highest BCUT2D eigenvalue weighted by Gasteiger charge is 2.11. The second kappa shape index (κ2) is 6.73. The van der Waals surface area contributed by atoms with Crippen molar-refractivity contribution in [1.29, 1.82) is 5.26 Å². The van der Waals surface area contributed by atoms with Crippen LogP contribution in [-0.4, -0.2) is 11.5 Å². The predicted molar refractivity (Wildman–Crippen MR) is 81.5 cm³/mol. The first-order valence-electron chi connectivity index (χ1n) is 6.27. The summed E-state index contributed by atoms with van der Waals surface area (Å²) in [5, 5.41) is 23.3. The molecule has 2 rings (SSSR count). The summed E-state index contributed by atoms with van der Waals surface area (Å²) in [4.78, 5) is 10.5. The van der Waals surface area contributed by atoms with Crippen molar-refractivity contribution in [3.63, 3.8) is 0 Å². The quantitative estimate of drug-likeness (QED) is 0.673. The van der Waals surface area contributed by atoms with E-state index in [2.05, 4.69) is 5.32 Å². The van der Waals surface area contributed by atoms with Crippen molar-refractivity contribution in [3.05, 3.63) is 68.7 Å². The van der Waals surface area contributed by atoms with Gasteiger partial charge in [0, 0.05) is 18.2 Å². The van der Waals surface area contributed by atoms with Crippen molar-refractivity contribution in [2.45, 2.75) is 6.42 Å². The zero-order valence-corrected chi connectivity index (χ0v) is 11.8. The van der Waals surface area contributed by atoms with E-state index in [9.17, 15) is 10.1 Å². The number of halogens is 1. The topological polar surface area (TPSA) is 79.0 Å². The normalized spacial score (nSPS) is 9.90. The second-order valence-electron chi connectivity index (χ2n) is 4.37. The van der Waals surface area contributed by atoms with Crippen molar-refractivity contribution >= 4 is 23.0 Å². The van der Waals surface area contributed by atoms with Crippen molar-refractivity contribution in [3.8, 4) is 6.07 Å². The second-order valence-corrected chi connectivity index (χ2v) is 4.78. The van der Waals surface area contributed by atoms with E-state index in [1.165, 1.54) is 6.07 Å². The number of rotatable bonds is 5. The number of hydrogen-bond acceptors (Lipinski definition) is 4. The molecule has 0 atom stereocenters. The first-order valence-corrected chi connectivity index (χ1v) is 6.65. The van der Waals surface area contributed by atoms with E-state index in [-0.39, 0.29) is 10.6 Å². The molecule has 5 nitrogen and oxygen atoms in total. The third-order valence-electron chi connectivity index (χ3n) is 3.00. The third kappa shape index (κ3) is 3.71. The van der Waals surface area contributed by atoms with E-state index in [0.717, 1.165) is 0 Å². The van der Waals surface area contributed by atoms with Gasteiger partial charge in [0.1, 0.15) is 0 Å². The SMILES string of the molecule is N#Cc1ccc(NCCc2ccccc2[N+](=O)[O-])c(Cl)c1. The van der Waals surface area contributed by atoms with Crippen LogP contribution in [0.4, 0.5) is 11.4 Å². The van der Waals surface area contributed by atoms with Crippen LogP contribution in [-0.2, 0) is 6.42 Å². The van der Waals surface area contributed by atoms with E-state index in [4.69, 9.17) is 16.9 Å². The Morgan fingerprint density at radius 1 is 1.29 bits per heavy atom. The summed E-state index contributed by atoms with van der Waals surface area (Å²) < 4.78 is 0. The highest BCUT2D eigenvalue weighted by atomic mass is 35.5. The summed E-state index contributed by atoms with van der Waals surface area (Å²) in [6.07, 6.45) is 0.507. The van der Waals surface area contributed by atoms with E-state index in [0.29, 0.717) is 34.8 Å². The number of nitrogens with one attached hydrogen (secondary N) is 1. The van der Waals surface area contributed by atoms with Crippen LogP contribution in [0, 0.1) is 21.4 Å². The van der Waals surface area contributed by atoms with Gasteiger partial charge in [0.05, 0.1) is 27.3 Å². The van der Waals surface area contributed by atoms with Gasteiger partial charge in [-0.1, -0.05) is 29.8 Å². The molecule has 2 aromatic rings. The summed E-state index contributed by atoms with van der Waals surface area (Å²) in [5.74, 6) is 0. The minimum atomic E-state index is -0.385. The van der Waals surface area contributed by atoms with Crippen molar-refractivity contribution in [1.82, 2.24) is 0 Å². The van der Waals surface area contributed by atoms with Gasteiger partial charge in [0.2, 0.25) is 0 Å². The van der Waals surface area contributed by atoms with Crippen LogP contribution < -0.4 is 5.32 Å². The fourth-order valence-corrected chi connectivity index (χ4v) is 2.21. The monoisotopic (exact) mass is 301 g/mol. The first kappa shape index (κ1) is 14.8. The lowest BCUT2D eigenvalue weighted by Gasteiger charge is -2.08. The van der Waals surface area contributed by atoms with Gasteiger partial charge in [-0.25, -0.2) is 0 Å². The lowest BCUT2D eigenvalue weighted by molar-refractivity contribution is -0.385. The van der Waals surface area contributed by atoms with Crippen molar-refractivity contribution in [2.75, 3.05) is 11.9 Å². The Hall–Kier alpha value is -2.58. The molecule has 6 heteroatoms. The Bertz CT molecular complexity index is 710. The molecule has 1 N–H and O–H groups in total. The Morgan fingerprint density at radius 2 is 2.05 bits per heavy atom. The maximum Gasteiger partial charge on any atom is 0.272 e. The van der Waals surface area contributed by atoms with Gasteiger partial charge in [-0.2, -0.15) is 5.26 Å². The molecule has 21 heavy (non-hydrogen) atoms. The van der Waals surface area contributed by atoms with Crippen LogP contribution in [0.1, 0.15) is 11.1 Å². The van der Waals surface area contributed by atoms with Gasteiger partial charge in [-0.15, -0.1) is 0 Å². The highest BCUT2D eigenvalue weighted by molar-refractivity contribution is 6.33. The molecule has 0 amide bonds. The fraction of sp³-hybridized carbons (Fsp3) is 0.133. The Labute approximate surface area is 126 Å². The molecule has 0 aliphatic rings. The summed E-state index contributed by atoms with van der Waals surface area (Å²) in [5.41, 5.74) is 1.98. The number of anilines is 1. The minimum Gasteiger partial charge on any atom is -0.384 e. The molecule has 0 saturated carbocycles. The standard InChI is InChI=1S/C15H12ClN3O2/c16-13-9-11(10-17)5-6-14(13)18-8-7-12-3-1-2-4-15(12)19(20)21/h1-6,9,18H,7-8H2. The molecule has 0 unspecified atom stereocenters. The van der Waals surface area contributed by atoms with E-state index in [1.807, 2.05) is 6.07 Å². The van der Waals surface area contributed by atoms with Gasteiger partial charge in [-0.3, -0.25) is 10.1 Å². The van der Waals surface area contributed by atoms with Crippen LogP contribution in [0.15, 0.2) is 42.5 Å². The molecular weight excluding hydrogens is 290 g/mol. The molecule has 0 aliphatic heterocycles. The number of nitro groups is 1. The van der Waals surface area contributed by atoms with Crippen molar-refractivity contribution < 1.29 is 4.92 Å². The maximum atomic E-state index is 10.9. The van der Waals surface area contributed by atoms with Crippen LogP contribution in [0.25, 0.3) is 0 Å². The lowest BCUT2D eigenvalue weighted by atomic mass is 10.1. The van der Waals surface area contributed by atoms with E-state index >= 15 is 0 Å². The smallest absolute Gasteiger partial charge is 0.272 e. The zero-order valence-electron chi connectivity index (χ0n) is 11.0. The predicted octanol–water partition coefficient (Wildman–Crippen LogP) is 3.77. The highest BCUT2D eigenvalue weighted by Crippen LogP contribution is 2.23. The molecule has 0 saturated heterocycles. The van der Waals surface area contributed by atoms with E-state index < -0.39 is 0 Å². The van der Waals surface area contributed by atoms with Crippen LogP contribution in [0.3, 0.4) is 0 Å². The molecule has 0 aromatic heterocycles. The average Bonchev–Trinajstić information content (AvgIpc) is 2.49. The fourth-order valence-electron chi connectivity index (χ4n) is 1.96. The number of nitrogens with zero attached hydrogens (tertiary/aromatic N) is 2. The number of hydrogen-bond donors (Lipinski definition) is 1. The number of nitro benzene ring substituents is 1. The molecule has 106 valence electrons.